The van der Waals surface area contributed by atoms with Crippen LogP contribution in [0.3, 0.4) is 0 Å². The third-order valence-corrected chi connectivity index (χ3v) is 5.18. The Labute approximate surface area is 157 Å². The van der Waals surface area contributed by atoms with Gasteiger partial charge < -0.3 is 5.32 Å². The number of benzene rings is 1. The van der Waals surface area contributed by atoms with E-state index in [0.717, 1.165) is 5.69 Å². The van der Waals surface area contributed by atoms with E-state index in [1.54, 1.807) is 4.68 Å². The molecule has 4 rings (SSSR count). The van der Waals surface area contributed by atoms with Gasteiger partial charge in [0.1, 0.15) is 18.3 Å². The van der Waals surface area contributed by atoms with E-state index in [1.165, 1.54) is 49.2 Å². The Hall–Kier alpha value is -2.96. The summed E-state index contributed by atoms with van der Waals surface area (Å²) in [6.07, 6.45) is 9.05. The first-order chi connectivity index (χ1) is 13.2. The second-order valence-corrected chi connectivity index (χ2v) is 7.11. The molecule has 0 unspecified atom stereocenters. The number of nitrogens with zero attached hydrogens (tertiary/aromatic N) is 4. The lowest BCUT2D eigenvalue weighted by Gasteiger charge is -2.21. The van der Waals surface area contributed by atoms with Crippen LogP contribution in [0.25, 0.3) is 16.7 Å². The van der Waals surface area contributed by atoms with Gasteiger partial charge in [-0.15, -0.1) is 0 Å². The fraction of sp³-hybridized carbons (Fsp3) is 0.400. The summed E-state index contributed by atoms with van der Waals surface area (Å²) in [4.78, 5) is 29.3. The predicted octanol–water partition coefficient (Wildman–Crippen LogP) is 2.28. The average Bonchev–Trinajstić information content (AvgIpc) is 3.15. The molecule has 1 saturated carbocycles. The van der Waals surface area contributed by atoms with Gasteiger partial charge in [0.25, 0.3) is 5.56 Å². The minimum Gasteiger partial charge on any atom is -0.354 e. The number of amides is 1. The number of hydrogen-bond donors (Lipinski definition) is 1. The van der Waals surface area contributed by atoms with E-state index in [1.807, 2.05) is 30.3 Å². The lowest BCUT2D eigenvalue weighted by Crippen LogP contribution is -2.35. The van der Waals surface area contributed by atoms with E-state index >= 15 is 0 Å². The van der Waals surface area contributed by atoms with Crippen molar-refractivity contribution in [3.8, 4) is 5.69 Å². The third kappa shape index (κ3) is 3.77. The molecule has 3 aromatic rings. The molecule has 2 heterocycles. The smallest absolute Gasteiger partial charge is 0.264 e. The molecule has 1 amide bonds. The maximum Gasteiger partial charge on any atom is 0.264 e. The number of carbonyl (C=O) groups is 1. The summed E-state index contributed by atoms with van der Waals surface area (Å²) in [5.41, 5.74) is 1.07. The van der Waals surface area contributed by atoms with E-state index in [-0.39, 0.29) is 18.0 Å². The van der Waals surface area contributed by atoms with Crippen LogP contribution in [0.5, 0.6) is 0 Å². The number of aromatic nitrogens is 4. The second kappa shape index (κ2) is 7.73. The highest BCUT2D eigenvalue weighted by Crippen LogP contribution is 2.22. The highest BCUT2D eigenvalue weighted by molar-refractivity contribution is 5.77. The molecule has 2 aromatic heterocycles. The summed E-state index contributed by atoms with van der Waals surface area (Å²) >= 11 is 0. The Morgan fingerprint density at radius 2 is 1.93 bits per heavy atom. The fourth-order valence-corrected chi connectivity index (χ4v) is 3.68. The van der Waals surface area contributed by atoms with Gasteiger partial charge in [0, 0.05) is 6.54 Å². The molecule has 1 N–H and O–H groups in total. The molecule has 0 atom stereocenters. The molecular formula is C20H23N5O2. The summed E-state index contributed by atoms with van der Waals surface area (Å²) in [5.74, 6) is 0.406. The van der Waals surface area contributed by atoms with Crippen molar-refractivity contribution in [1.82, 2.24) is 24.6 Å². The lowest BCUT2D eigenvalue weighted by molar-refractivity contribution is -0.121. The number of nitrogens with one attached hydrogen (secondary N) is 1. The maximum atomic E-state index is 12.7. The molecule has 0 aliphatic heterocycles. The molecule has 0 spiro atoms. The zero-order valence-corrected chi connectivity index (χ0v) is 15.2. The van der Waals surface area contributed by atoms with Crippen LogP contribution in [-0.4, -0.2) is 31.8 Å². The van der Waals surface area contributed by atoms with Crippen LogP contribution >= 0.6 is 0 Å². The molecule has 1 aromatic carbocycles. The van der Waals surface area contributed by atoms with Gasteiger partial charge in [-0.2, -0.15) is 5.10 Å². The molecule has 0 radical (unpaired) electrons. The van der Waals surface area contributed by atoms with Gasteiger partial charge in [0.2, 0.25) is 5.91 Å². The van der Waals surface area contributed by atoms with E-state index in [2.05, 4.69) is 15.4 Å². The number of hydrogen-bond acceptors (Lipinski definition) is 4. The zero-order chi connectivity index (χ0) is 18.6. The molecule has 1 aliphatic carbocycles. The summed E-state index contributed by atoms with van der Waals surface area (Å²) in [5, 5.41) is 7.65. The van der Waals surface area contributed by atoms with Gasteiger partial charge in [0.05, 0.1) is 11.9 Å². The van der Waals surface area contributed by atoms with Crippen molar-refractivity contribution in [1.29, 1.82) is 0 Å². The number of rotatable bonds is 5. The number of carbonyl (C=O) groups excluding carboxylic acids is 1. The summed E-state index contributed by atoms with van der Waals surface area (Å²) in [6, 6.07) is 9.53. The van der Waals surface area contributed by atoms with Gasteiger partial charge in [-0.1, -0.05) is 37.5 Å². The maximum absolute atomic E-state index is 12.7. The molecule has 140 valence electrons. The number of para-hydroxylation sites is 1. The molecule has 27 heavy (non-hydrogen) atoms. The van der Waals surface area contributed by atoms with Crippen molar-refractivity contribution < 1.29 is 4.79 Å². The van der Waals surface area contributed by atoms with E-state index < -0.39 is 0 Å². The molecule has 7 heteroatoms. The highest BCUT2D eigenvalue weighted by Gasteiger charge is 2.16. The Bertz CT molecular complexity index is 987. The molecule has 0 saturated heterocycles. The molecule has 1 fully saturated rings. The van der Waals surface area contributed by atoms with E-state index in [4.69, 9.17) is 0 Å². The highest BCUT2D eigenvalue weighted by atomic mass is 16.2. The topological polar surface area (TPSA) is 81.8 Å². The SMILES string of the molecule is O=C(Cn1cnc2c(cnn2-c2ccccc2)c1=O)NCC1CCCCC1. The van der Waals surface area contributed by atoms with Crippen molar-refractivity contribution in [2.45, 2.75) is 38.6 Å². The minimum absolute atomic E-state index is 0.0228. The number of fused-ring (bicyclic) bond motifs is 1. The molecule has 7 nitrogen and oxygen atoms in total. The Morgan fingerprint density at radius 1 is 1.15 bits per heavy atom. The second-order valence-electron chi connectivity index (χ2n) is 7.11. The van der Waals surface area contributed by atoms with E-state index in [0.29, 0.717) is 23.5 Å². The average molecular weight is 365 g/mol. The van der Waals surface area contributed by atoms with Crippen LogP contribution in [0.2, 0.25) is 0 Å². The Kier molecular flexibility index (Phi) is 5.00. The largest absolute Gasteiger partial charge is 0.354 e. The standard InChI is InChI=1S/C20H23N5O2/c26-18(21-11-15-7-3-1-4-8-15)13-24-14-22-19-17(20(24)27)12-23-25(19)16-9-5-2-6-10-16/h2,5-6,9-10,12,14-15H,1,3-4,7-8,11,13H2,(H,21,26). The van der Waals surface area contributed by atoms with Crippen LogP contribution in [0.1, 0.15) is 32.1 Å². The normalized spacial score (nSPS) is 15.1. The van der Waals surface area contributed by atoms with Gasteiger partial charge >= 0.3 is 0 Å². The summed E-state index contributed by atoms with van der Waals surface area (Å²) in [6.45, 7) is 0.667. The van der Waals surface area contributed by atoms with Gasteiger partial charge in [0.15, 0.2) is 5.65 Å². The summed E-state index contributed by atoms with van der Waals surface area (Å²) in [7, 11) is 0. The van der Waals surface area contributed by atoms with Crippen LogP contribution in [0.15, 0.2) is 47.7 Å². The van der Waals surface area contributed by atoms with Crippen molar-refractivity contribution in [3.63, 3.8) is 0 Å². The molecule has 1 aliphatic rings. The predicted molar refractivity (Wildman–Crippen MR) is 103 cm³/mol. The van der Waals surface area contributed by atoms with Crippen LogP contribution < -0.4 is 10.9 Å². The zero-order valence-electron chi connectivity index (χ0n) is 15.2. The first-order valence-electron chi connectivity index (χ1n) is 9.47. The van der Waals surface area contributed by atoms with Crippen LogP contribution in [0, 0.1) is 5.92 Å². The van der Waals surface area contributed by atoms with E-state index in [9.17, 15) is 9.59 Å². The third-order valence-electron chi connectivity index (χ3n) is 5.18. The van der Waals surface area contributed by atoms with Crippen LogP contribution in [0.4, 0.5) is 0 Å². The van der Waals surface area contributed by atoms with Gasteiger partial charge in [-0.05, 0) is 30.9 Å². The van der Waals surface area contributed by atoms with Crippen molar-refractivity contribution in [3.05, 3.63) is 53.2 Å². The van der Waals surface area contributed by atoms with Crippen molar-refractivity contribution in [2.24, 2.45) is 5.92 Å². The van der Waals surface area contributed by atoms with Gasteiger partial charge in [-0.25, -0.2) is 9.67 Å². The Balaban J connectivity index is 1.49. The fourth-order valence-electron chi connectivity index (χ4n) is 3.68. The lowest BCUT2D eigenvalue weighted by atomic mass is 9.89. The quantitative estimate of drug-likeness (QED) is 0.752. The van der Waals surface area contributed by atoms with Gasteiger partial charge in [-0.3, -0.25) is 14.2 Å². The molecular weight excluding hydrogens is 342 g/mol. The summed E-state index contributed by atoms with van der Waals surface area (Å²) < 4.78 is 2.97. The van der Waals surface area contributed by atoms with Crippen molar-refractivity contribution >= 4 is 16.9 Å². The Morgan fingerprint density at radius 3 is 2.70 bits per heavy atom. The first-order valence-corrected chi connectivity index (χ1v) is 9.47. The van der Waals surface area contributed by atoms with Crippen LogP contribution in [-0.2, 0) is 11.3 Å². The minimum atomic E-state index is -0.255. The van der Waals surface area contributed by atoms with Crippen molar-refractivity contribution in [2.75, 3.05) is 6.54 Å². The monoisotopic (exact) mass is 365 g/mol. The molecule has 0 bridgehead atoms. The first kappa shape index (κ1) is 17.5.